The molecule has 0 aliphatic heterocycles. The molecule has 114 valence electrons. The molecule has 0 saturated heterocycles. The van der Waals surface area contributed by atoms with Crippen molar-refractivity contribution in [2.45, 2.75) is 51.4 Å². The summed E-state index contributed by atoms with van der Waals surface area (Å²) >= 11 is 0. The molecule has 2 saturated carbocycles. The van der Waals surface area contributed by atoms with Gasteiger partial charge in [0, 0.05) is 17.5 Å². The van der Waals surface area contributed by atoms with E-state index in [-0.39, 0.29) is 5.41 Å². The van der Waals surface area contributed by atoms with Crippen LogP contribution in [0.25, 0.3) is 4.85 Å². The lowest BCUT2D eigenvalue weighted by Crippen LogP contribution is -2.42. The Hall–Kier alpha value is -1.82. The van der Waals surface area contributed by atoms with Gasteiger partial charge in [0.2, 0.25) is 5.69 Å². The summed E-state index contributed by atoms with van der Waals surface area (Å²) in [5, 5.41) is 0. The van der Waals surface area contributed by atoms with E-state index in [0.717, 1.165) is 38.5 Å². The van der Waals surface area contributed by atoms with Crippen LogP contribution in [-0.2, 0) is 11.2 Å². The van der Waals surface area contributed by atoms with Crippen LogP contribution in [0.3, 0.4) is 0 Å². The molecule has 0 radical (unpaired) electrons. The molecule has 2 fully saturated rings. The second kappa shape index (κ2) is 4.59. The number of hydrogen-bond donors (Lipinski definition) is 1. The average Bonchev–Trinajstić information content (AvgIpc) is 2.83. The van der Waals surface area contributed by atoms with Crippen molar-refractivity contribution in [3.05, 3.63) is 34.7 Å². The van der Waals surface area contributed by atoms with Crippen molar-refractivity contribution < 1.29 is 4.79 Å². The summed E-state index contributed by atoms with van der Waals surface area (Å²) in [6.07, 6.45) is 6.04. The third-order valence-electron chi connectivity index (χ3n) is 6.76. The molecule has 0 bridgehead atoms. The molecule has 0 spiro atoms. The van der Waals surface area contributed by atoms with Gasteiger partial charge in [0.25, 0.3) is 0 Å². The van der Waals surface area contributed by atoms with Crippen LogP contribution < -0.4 is 5.73 Å². The number of benzene rings is 1. The molecule has 0 heterocycles. The smallest absolute Gasteiger partial charge is 0.209 e. The molecule has 0 amide bonds. The van der Waals surface area contributed by atoms with Crippen molar-refractivity contribution in [1.29, 1.82) is 0 Å². The topological polar surface area (TPSA) is 47.5 Å². The van der Waals surface area contributed by atoms with Crippen LogP contribution in [0.4, 0.5) is 11.4 Å². The maximum Gasteiger partial charge on any atom is 0.209 e. The third-order valence-corrected chi connectivity index (χ3v) is 6.76. The first-order chi connectivity index (χ1) is 10.6. The Kier molecular flexibility index (Phi) is 2.88. The minimum Gasteiger partial charge on any atom is -0.407 e. The van der Waals surface area contributed by atoms with E-state index in [4.69, 9.17) is 12.3 Å². The molecule has 3 aliphatic carbocycles. The van der Waals surface area contributed by atoms with Gasteiger partial charge in [-0.25, -0.2) is 4.85 Å². The van der Waals surface area contributed by atoms with Crippen LogP contribution in [0.5, 0.6) is 0 Å². The number of hydrogen-bond acceptors (Lipinski definition) is 2. The molecule has 1 aromatic rings. The molecule has 2 N–H and O–H groups in total. The first-order valence-corrected chi connectivity index (χ1v) is 8.38. The van der Waals surface area contributed by atoms with Crippen LogP contribution in [0, 0.1) is 23.8 Å². The second-order valence-electron chi connectivity index (χ2n) is 7.51. The highest BCUT2D eigenvalue weighted by Gasteiger charge is 2.54. The van der Waals surface area contributed by atoms with E-state index in [1.807, 2.05) is 6.07 Å². The van der Waals surface area contributed by atoms with Crippen molar-refractivity contribution in [3.8, 4) is 0 Å². The summed E-state index contributed by atoms with van der Waals surface area (Å²) in [5.41, 5.74) is 10.0. The van der Waals surface area contributed by atoms with Crippen molar-refractivity contribution in [2.24, 2.45) is 17.3 Å². The van der Waals surface area contributed by atoms with Gasteiger partial charge in [0.05, 0.1) is 6.57 Å². The van der Waals surface area contributed by atoms with Crippen molar-refractivity contribution in [1.82, 2.24) is 0 Å². The molecule has 1 aromatic carbocycles. The van der Waals surface area contributed by atoms with Gasteiger partial charge in [-0.2, -0.15) is 0 Å². The van der Waals surface area contributed by atoms with E-state index < -0.39 is 0 Å². The van der Waals surface area contributed by atoms with Gasteiger partial charge in [0.15, 0.2) is 0 Å². The van der Waals surface area contributed by atoms with E-state index in [2.05, 4.69) is 17.8 Å². The first-order valence-electron chi connectivity index (χ1n) is 8.38. The van der Waals surface area contributed by atoms with Crippen molar-refractivity contribution in [2.75, 3.05) is 5.73 Å². The van der Waals surface area contributed by atoms with Crippen molar-refractivity contribution >= 4 is 17.2 Å². The number of carbonyl (C=O) groups is 1. The van der Waals surface area contributed by atoms with Gasteiger partial charge in [-0.1, -0.05) is 19.1 Å². The van der Waals surface area contributed by atoms with Crippen LogP contribution in [0.1, 0.15) is 56.1 Å². The fraction of sp³-hybridized carbons (Fsp3) is 0.579. The number of ketones is 1. The molecule has 4 atom stereocenters. The standard InChI is InChI=1S/C19H22N2O/c1-19-10-9-12-11-5-7-16(21-2)18(20)14(11)4-3-13(12)15(19)6-8-17(19)22/h5,7,12-13,15H,3-4,6,8-10,20H2,1H3/t12?,13?,15?,19-/m0/s1. The normalized spacial score (nSPS) is 36.2. The Morgan fingerprint density at radius 3 is 2.86 bits per heavy atom. The van der Waals surface area contributed by atoms with E-state index in [9.17, 15) is 4.79 Å². The van der Waals surface area contributed by atoms with E-state index in [0.29, 0.717) is 34.9 Å². The minimum absolute atomic E-state index is 0.0688. The fourth-order valence-corrected chi connectivity index (χ4v) is 5.55. The largest absolute Gasteiger partial charge is 0.407 e. The first kappa shape index (κ1) is 13.8. The molecular formula is C19H22N2O. The Morgan fingerprint density at radius 2 is 2.09 bits per heavy atom. The zero-order valence-electron chi connectivity index (χ0n) is 13.1. The van der Waals surface area contributed by atoms with E-state index >= 15 is 0 Å². The second-order valence-corrected chi connectivity index (χ2v) is 7.51. The summed E-state index contributed by atoms with van der Waals surface area (Å²) in [7, 11) is 0. The van der Waals surface area contributed by atoms with Crippen LogP contribution >= 0.6 is 0 Å². The Labute approximate surface area is 131 Å². The highest BCUT2D eigenvalue weighted by Crippen LogP contribution is 2.60. The maximum atomic E-state index is 12.3. The van der Waals surface area contributed by atoms with Crippen LogP contribution in [0.15, 0.2) is 12.1 Å². The van der Waals surface area contributed by atoms with E-state index in [1.54, 1.807) is 0 Å². The van der Waals surface area contributed by atoms with Crippen LogP contribution in [-0.4, -0.2) is 5.78 Å². The lowest BCUT2D eigenvalue weighted by atomic mass is 9.55. The van der Waals surface area contributed by atoms with Gasteiger partial charge >= 0.3 is 0 Å². The van der Waals surface area contributed by atoms with Crippen molar-refractivity contribution in [3.63, 3.8) is 0 Å². The molecule has 3 heteroatoms. The summed E-state index contributed by atoms with van der Waals surface area (Å²) in [6, 6.07) is 4.02. The number of nitrogen functional groups attached to an aromatic ring is 1. The minimum atomic E-state index is -0.0688. The summed E-state index contributed by atoms with van der Waals surface area (Å²) < 4.78 is 0. The van der Waals surface area contributed by atoms with Crippen LogP contribution in [0.2, 0.25) is 0 Å². The average molecular weight is 294 g/mol. The molecular weight excluding hydrogens is 272 g/mol. The third kappa shape index (κ3) is 1.64. The van der Waals surface area contributed by atoms with Gasteiger partial charge in [-0.05, 0) is 61.0 Å². The Balaban J connectivity index is 1.75. The predicted octanol–water partition coefficient (Wildman–Crippen LogP) is 4.24. The molecule has 3 unspecified atom stereocenters. The number of rotatable bonds is 0. The summed E-state index contributed by atoms with van der Waals surface area (Å²) in [6.45, 7) is 9.44. The lowest BCUT2D eigenvalue weighted by molar-refractivity contribution is -0.129. The Morgan fingerprint density at radius 1 is 1.27 bits per heavy atom. The Bertz CT molecular complexity index is 702. The van der Waals surface area contributed by atoms with Gasteiger partial charge < -0.3 is 5.73 Å². The summed E-state index contributed by atoms with van der Waals surface area (Å²) in [4.78, 5) is 15.9. The molecule has 4 rings (SSSR count). The lowest BCUT2D eigenvalue weighted by Gasteiger charge is -2.48. The molecule has 0 aromatic heterocycles. The number of carbonyl (C=O) groups excluding carboxylic acids is 1. The summed E-state index contributed by atoms with van der Waals surface area (Å²) in [5.74, 6) is 2.20. The zero-order chi connectivity index (χ0) is 15.5. The quantitative estimate of drug-likeness (QED) is 0.574. The monoisotopic (exact) mass is 294 g/mol. The zero-order valence-corrected chi connectivity index (χ0v) is 13.1. The number of anilines is 1. The highest BCUT2D eigenvalue weighted by atomic mass is 16.1. The molecule has 3 nitrogen and oxygen atoms in total. The number of nitrogens with zero attached hydrogens (tertiary/aromatic N) is 1. The molecule has 22 heavy (non-hydrogen) atoms. The highest BCUT2D eigenvalue weighted by molar-refractivity contribution is 5.87. The fourth-order valence-electron chi connectivity index (χ4n) is 5.55. The van der Waals surface area contributed by atoms with Gasteiger partial charge in [0.1, 0.15) is 5.78 Å². The van der Waals surface area contributed by atoms with Gasteiger partial charge in [-0.15, -0.1) is 0 Å². The van der Waals surface area contributed by atoms with Gasteiger partial charge in [-0.3, -0.25) is 4.79 Å². The maximum absolute atomic E-state index is 12.3. The molecule has 3 aliphatic rings. The number of fused-ring (bicyclic) bond motifs is 5. The van der Waals surface area contributed by atoms with E-state index in [1.165, 1.54) is 11.1 Å². The number of Topliss-reactive ketones (excluding diaryl/α,β-unsaturated/α-hetero) is 1. The SMILES string of the molecule is [C-]#[N+]c1ccc2c(c1N)CCC1C2CC[C@]2(C)C(=O)CCC12. The number of nitrogens with two attached hydrogens (primary N) is 1. The predicted molar refractivity (Wildman–Crippen MR) is 86.7 cm³/mol.